The van der Waals surface area contributed by atoms with Gasteiger partial charge < -0.3 is 10.3 Å². The Balaban J connectivity index is 1.64. The summed E-state index contributed by atoms with van der Waals surface area (Å²) in [5, 5.41) is 2.57. The Morgan fingerprint density at radius 3 is 2.28 bits per heavy atom. The van der Waals surface area contributed by atoms with E-state index in [1.807, 2.05) is 0 Å². The van der Waals surface area contributed by atoms with Gasteiger partial charge in [-0.1, -0.05) is 105 Å². The summed E-state index contributed by atoms with van der Waals surface area (Å²) < 4.78 is 2.47. The van der Waals surface area contributed by atoms with Crippen molar-refractivity contribution in [3.8, 4) is 27.9 Å². The van der Waals surface area contributed by atoms with Crippen LogP contribution in [0.25, 0.3) is 49.7 Å². The number of fused-ring (bicyclic) bond motifs is 7. The summed E-state index contributed by atoms with van der Waals surface area (Å²) in [5.41, 5.74) is 18.7. The molecule has 1 aliphatic carbocycles. The summed E-state index contributed by atoms with van der Waals surface area (Å²) >= 11 is 0. The molecule has 0 unspecified atom stereocenters. The van der Waals surface area contributed by atoms with Crippen molar-refractivity contribution in [3.63, 3.8) is 0 Å². The van der Waals surface area contributed by atoms with Crippen molar-refractivity contribution in [2.24, 2.45) is 5.73 Å². The second-order valence-electron chi connectivity index (χ2n) is 10.4. The van der Waals surface area contributed by atoms with Gasteiger partial charge in [-0.05, 0) is 57.1 Å². The molecule has 0 radical (unpaired) electrons. The van der Waals surface area contributed by atoms with Crippen molar-refractivity contribution in [3.05, 3.63) is 126 Å². The number of rotatable bonds is 3. The SMILES string of the molecule is CC1(C)c2ccccc2-c2ccc3c4ccc(-c5ccccc5)cc4n(-c4cccc(CN)c4)c3c21. The minimum absolute atomic E-state index is 0.106. The van der Waals surface area contributed by atoms with Gasteiger partial charge in [-0.2, -0.15) is 0 Å². The monoisotopic (exact) mass is 464 g/mol. The molecular formula is C34H28N2. The third-order valence-corrected chi connectivity index (χ3v) is 7.96. The van der Waals surface area contributed by atoms with Crippen molar-refractivity contribution in [2.75, 3.05) is 0 Å². The van der Waals surface area contributed by atoms with Crippen molar-refractivity contribution in [2.45, 2.75) is 25.8 Å². The molecule has 5 aromatic carbocycles. The van der Waals surface area contributed by atoms with Gasteiger partial charge >= 0.3 is 0 Å². The lowest BCUT2D eigenvalue weighted by Gasteiger charge is -2.23. The lowest BCUT2D eigenvalue weighted by molar-refractivity contribution is 0.664. The average molecular weight is 465 g/mol. The van der Waals surface area contributed by atoms with Gasteiger partial charge in [0.1, 0.15) is 0 Å². The van der Waals surface area contributed by atoms with E-state index in [0.29, 0.717) is 6.54 Å². The summed E-state index contributed by atoms with van der Waals surface area (Å²) in [6, 6.07) is 39.7. The van der Waals surface area contributed by atoms with Crippen LogP contribution < -0.4 is 5.73 Å². The second kappa shape index (κ2) is 7.68. The van der Waals surface area contributed by atoms with E-state index in [4.69, 9.17) is 5.73 Å². The zero-order valence-electron chi connectivity index (χ0n) is 20.6. The Labute approximate surface area is 211 Å². The summed E-state index contributed by atoms with van der Waals surface area (Å²) in [6.45, 7) is 5.25. The molecule has 0 bridgehead atoms. The Morgan fingerprint density at radius 1 is 0.667 bits per heavy atom. The van der Waals surface area contributed by atoms with E-state index in [-0.39, 0.29) is 5.41 Å². The molecule has 1 heterocycles. The highest BCUT2D eigenvalue weighted by atomic mass is 15.0. The highest BCUT2D eigenvalue weighted by molar-refractivity contribution is 6.13. The number of nitrogens with two attached hydrogens (primary N) is 1. The fourth-order valence-corrected chi connectivity index (χ4v) is 6.26. The van der Waals surface area contributed by atoms with E-state index in [9.17, 15) is 0 Å². The van der Waals surface area contributed by atoms with Crippen LogP contribution in [0.5, 0.6) is 0 Å². The quantitative estimate of drug-likeness (QED) is 0.281. The zero-order valence-corrected chi connectivity index (χ0v) is 20.6. The largest absolute Gasteiger partial charge is 0.326 e. The van der Waals surface area contributed by atoms with E-state index < -0.39 is 0 Å². The van der Waals surface area contributed by atoms with Crippen LogP contribution in [0.2, 0.25) is 0 Å². The first kappa shape index (κ1) is 21.2. The fourth-order valence-electron chi connectivity index (χ4n) is 6.26. The van der Waals surface area contributed by atoms with Crippen LogP contribution in [0.3, 0.4) is 0 Å². The lowest BCUT2D eigenvalue weighted by atomic mass is 9.81. The maximum atomic E-state index is 6.08. The fraction of sp³-hybridized carbons (Fsp3) is 0.118. The molecule has 0 fully saturated rings. The predicted molar refractivity (Wildman–Crippen MR) is 152 cm³/mol. The van der Waals surface area contributed by atoms with E-state index in [0.717, 1.165) is 11.3 Å². The molecule has 1 aliphatic rings. The predicted octanol–water partition coefficient (Wildman–Crippen LogP) is 8.22. The van der Waals surface area contributed by atoms with Crippen LogP contribution in [0.4, 0.5) is 0 Å². The second-order valence-corrected chi connectivity index (χ2v) is 10.4. The van der Waals surface area contributed by atoms with Crippen LogP contribution in [0.15, 0.2) is 109 Å². The first-order valence-corrected chi connectivity index (χ1v) is 12.6. The maximum absolute atomic E-state index is 6.08. The first-order chi connectivity index (χ1) is 17.6. The van der Waals surface area contributed by atoms with Gasteiger partial charge in [0, 0.05) is 28.4 Å². The Kier molecular flexibility index (Phi) is 4.52. The van der Waals surface area contributed by atoms with Crippen LogP contribution in [0, 0.1) is 0 Å². The number of benzene rings is 5. The molecule has 0 saturated heterocycles. The molecule has 1 aromatic heterocycles. The number of hydrogen-bond donors (Lipinski definition) is 1. The Hall–Kier alpha value is -4.14. The van der Waals surface area contributed by atoms with Gasteiger partial charge in [0.05, 0.1) is 11.0 Å². The molecule has 0 atom stereocenters. The van der Waals surface area contributed by atoms with E-state index in [1.165, 1.54) is 55.2 Å². The van der Waals surface area contributed by atoms with Crippen molar-refractivity contribution < 1.29 is 0 Å². The van der Waals surface area contributed by atoms with Gasteiger partial charge in [-0.15, -0.1) is 0 Å². The molecule has 2 N–H and O–H groups in total. The summed E-state index contributed by atoms with van der Waals surface area (Å²) in [7, 11) is 0. The van der Waals surface area contributed by atoms with Gasteiger partial charge in [0.15, 0.2) is 0 Å². The smallest absolute Gasteiger partial charge is 0.0588 e. The van der Waals surface area contributed by atoms with E-state index in [2.05, 4.69) is 128 Å². The molecule has 174 valence electrons. The molecule has 0 spiro atoms. The highest BCUT2D eigenvalue weighted by Gasteiger charge is 2.38. The molecular weight excluding hydrogens is 436 g/mol. The molecule has 0 saturated carbocycles. The third-order valence-electron chi connectivity index (χ3n) is 7.96. The molecule has 7 rings (SSSR count). The summed E-state index contributed by atoms with van der Waals surface area (Å²) in [4.78, 5) is 0. The van der Waals surface area contributed by atoms with Crippen LogP contribution in [-0.4, -0.2) is 4.57 Å². The maximum Gasteiger partial charge on any atom is 0.0588 e. The van der Waals surface area contributed by atoms with Gasteiger partial charge in [0.25, 0.3) is 0 Å². The lowest BCUT2D eigenvalue weighted by Crippen LogP contribution is -2.16. The Bertz CT molecular complexity index is 1790. The molecule has 36 heavy (non-hydrogen) atoms. The van der Waals surface area contributed by atoms with Crippen LogP contribution in [-0.2, 0) is 12.0 Å². The highest BCUT2D eigenvalue weighted by Crippen LogP contribution is 2.53. The number of hydrogen-bond acceptors (Lipinski definition) is 1. The van der Waals surface area contributed by atoms with Crippen molar-refractivity contribution in [1.82, 2.24) is 4.57 Å². The molecule has 0 amide bonds. The molecule has 2 nitrogen and oxygen atoms in total. The molecule has 6 aromatic rings. The van der Waals surface area contributed by atoms with Crippen LogP contribution >= 0.6 is 0 Å². The van der Waals surface area contributed by atoms with Gasteiger partial charge in [0.2, 0.25) is 0 Å². The zero-order chi connectivity index (χ0) is 24.4. The van der Waals surface area contributed by atoms with Crippen molar-refractivity contribution >= 4 is 21.8 Å². The molecule has 2 heteroatoms. The normalized spacial score (nSPS) is 13.8. The van der Waals surface area contributed by atoms with Crippen molar-refractivity contribution in [1.29, 1.82) is 0 Å². The standard InChI is InChI=1S/C34H28N2/c1-34(2)30-14-7-6-13-26(30)28-17-18-29-27-16-15-24(23-10-4-3-5-11-23)20-31(27)36(33(29)32(28)34)25-12-8-9-22(19-25)21-35/h3-20H,21,35H2,1-2H3. The minimum atomic E-state index is -0.106. The third kappa shape index (κ3) is 2.88. The number of nitrogens with zero attached hydrogens (tertiary/aromatic N) is 1. The minimum Gasteiger partial charge on any atom is -0.326 e. The Morgan fingerprint density at radius 2 is 1.44 bits per heavy atom. The topological polar surface area (TPSA) is 30.9 Å². The van der Waals surface area contributed by atoms with Gasteiger partial charge in [-0.3, -0.25) is 0 Å². The molecule has 0 aliphatic heterocycles. The van der Waals surface area contributed by atoms with E-state index in [1.54, 1.807) is 0 Å². The van der Waals surface area contributed by atoms with E-state index >= 15 is 0 Å². The summed E-state index contributed by atoms with van der Waals surface area (Å²) in [6.07, 6.45) is 0. The van der Waals surface area contributed by atoms with Crippen LogP contribution in [0.1, 0.15) is 30.5 Å². The average Bonchev–Trinajstić information content (AvgIpc) is 3.38. The number of aromatic nitrogens is 1. The summed E-state index contributed by atoms with van der Waals surface area (Å²) in [5.74, 6) is 0. The van der Waals surface area contributed by atoms with Gasteiger partial charge in [-0.25, -0.2) is 0 Å². The first-order valence-electron chi connectivity index (χ1n) is 12.6.